The SMILES string of the molecule is C=CC(C)(CNC(C)C)CC(C)CC. The summed E-state index contributed by atoms with van der Waals surface area (Å²) in [5.41, 5.74) is 0.250. The first-order valence-electron chi connectivity index (χ1n) is 5.80. The lowest BCUT2D eigenvalue weighted by Crippen LogP contribution is -2.35. The van der Waals surface area contributed by atoms with E-state index in [9.17, 15) is 0 Å². The maximum absolute atomic E-state index is 3.96. The zero-order valence-corrected chi connectivity index (χ0v) is 10.6. The normalized spacial score (nSPS) is 17.9. The average Bonchev–Trinajstić information content (AvgIpc) is 2.14. The molecule has 0 aromatic heterocycles. The summed E-state index contributed by atoms with van der Waals surface area (Å²) < 4.78 is 0. The van der Waals surface area contributed by atoms with Gasteiger partial charge in [-0.15, -0.1) is 6.58 Å². The van der Waals surface area contributed by atoms with Crippen molar-refractivity contribution in [3.63, 3.8) is 0 Å². The van der Waals surface area contributed by atoms with Crippen LogP contribution in [0.5, 0.6) is 0 Å². The van der Waals surface area contributed by atoms with Gasteiger partial charge in [0.2, 0.25) is 0 Å². The Labute approximate surface area is 90.0 Å². The van der Waals surface area contributed by atoms with Crippen molar-refractivity contribution in [1.82, 2.24) is 5.32 Å². The van der Waals surface area contributed by atoms with Crippen molar-refractivity contribution >= 4 is 0 Å². The number of nitrogens with one attached hydrogen (secondary N) is 1. The Balaban J connectivity index is 4.10. The Morgan fingerprint density at radius 1 is 1.36 bits per heavy atom. The molecular weight excluding hydrogens is 170 g/mol. The van der Waals surface area contributed by atoms with Crippen LogP contribution in [0.25, 0.3) is 0 Å². The Kier molecular flexibility index (Phi) is 6.10. The van der Waals surface area contributed by atoms with E-state index < -0.39 is 0 Å². The van der Waals surface area contributed by atoms with Crippen molar-refractivity contribution in [3.05, 3.63) is 12.7 Å². The van der Waals surface area contributed by atoms with Gasteiger partial charge in [-0.1, -0.05) is 47.1 Å². The van der Waals surface area contributed by atoms with Crippen LogP contribution in [0.15, 0.2) is 12.7 Å². The van der Waals surface area contributed by atoms with Gasteiger partial charge in [-0.2, -0.15) is 0 Å². The van der Waals surface area contributed by atoms with Crippen LogP contribution in [-0.2, 0) is 0 Å². The Morgan fingerprint density at radius 2 is 1.93 bits per heavy atom. The van der Waals surface area contributed by atoms with Crippen LogP contribution < -0.4 is 5.32 Å². The second kappa shape index (κ2) is 6.23. The highest BCUT2D eigenvalue weighted by atomic mass is 14.9. The summed E-state index contributed by atoms with van der Waals surface area (Å²) in [4.78, 5) is 0. The van der Waals surface area contributed by atoms with Crippen LogP contribution in [0.1, 0.15) is 47.5 Å². The fraction of sp³-hybridized carbons (Fsp3) is 0.846. The molecule has 1 nitrogen and oxygen atoms in total. The van der Waals surface area contributed by atoms with Crippen molar-refractivity contribution in [2.45, 2.75) is 53.5 Å². The lowest BCUT2D eigenvalue weighted by molar-refractivity contribution is 0.292. The second-order valence-corrected chi connectivity index (χ2v) is 5.11. The van der Waals surface area contributed by atoms with Gasteiger partial charge in [-0.05, 0) is 17.8 Å². The highest BCUT2D eigenvalue weighted by Crippen LogP contribution is 2.28. The van der Waals surface area contributed by atoms with Crippen molar-refractivity contribution < 1.29 is 0 Å². The molecule has 2 unspecified atom stereocenters. The third-order valence-electron chi connectivity index (χ3n) is 2.92. The van der Waals surface area contributed by atoms with Gasteiger partial charge in [0.1, 0.15) is 0 Å². The zero-order chi connectivity index (χ0) is 11.2. The van der Waals surface area contributed by atoms with Crippen LogP contribution >= 0.6 is 0 Å². The molecule has 0 bridgehead atoms. The first-order valence-corrected chi connectivity index (χ1v) is 5.80. The molecule has 0 aromatic rings. The molecule has 0 saturated heterocycles. The first kappa shape index (κ1) is 13.7. The summed E-state index contributed by atoms with van der Waals surface area (Å²) in [6.45, 7) is 16.2. The molecule has 0 spiro atoms. The molecule has 0 radical (unpaired) electrons. The fourth-order valence-corrected chi connectivity index (χ4v) is 1.61. The molecular formula is C13H27N. The molecule has 1 N–H and O–H groups in total. The minimum absolute atomic E-state index is 0.250. The van der Waals surface area contributed by atoms with Gasteiger partial charge in [0.15, 0.2) is 0 Å². The third kappa shape index (κ3) is 5.43. The van der Waals surface area contributed by atoms with Crippen molar-refractivity contribution in [2.75, 3.05) is 6.54 Å². The van der Waals surface area contributed by atoms with Crippen molar-refractivity contribution in [1.29, 1.82) is 0 Å². The van der Waals surface area contributed by atoms with Crippen LogP contribution in [0.3, 0.4) is 0 Å². The summed E-state index contributed by atoms with van der Waals surface area (Å²) in [7, 11) is 0. The predicted octanol–water partition coefficient (Wildman–Crippen LogP) is 3.61. The van der Waals surface area contributed by atoms with E-state index in [0.29, 0.717) is 6.04 Å². The van der Waals surface area contributed by atoms with Crippen molar-refractivity contribution in [3.8, 4) is 0 Å². The molecule has 0 aliphatic heterocycles. The minimum Gasteiger partial charge on any atom is -0.314 e. The molecule has 0 aliphatic carbocycles. The minimum atomic E-state index is 0.250. The lowest BCUT2D eigenvalue weighted by Gasteiger charge is -2.30. The van der Waals surface area contributed by atoms with E-state index in [4.69, 9.17) is 0 Å². The molecule has 0 amide bonds. The molecule has 1 heteroatoms. The second-order valence-electron chi connectivity index (χ2n) is 5.11. The number of rotatable bonds is 7. The molecule has 0 rings (SSSR count). The topological polar surface area (TPSA) is 12.0 Å². The fourth-order valence-electron chi connectivity index (χ4n) is 1.61. The highest BCUT2D eigenvalue weighted by molar-refractivity contribution is 4.94. The van der Waals surface area contributed by atoms with E-state index in [2.05, 4.69) is 52.6 Å². The predicted molar refractivity (Wildman–Crippen MR) is 65.5 cm³/mol. The van der Waals surface area contributed by atoms with Crippen LogP contribution in [0, 0.1) is 11.3 Å². The van der Waals surface area contributed by atoms with E-state index in [1.807, 2.05) is 0 Å². The van der Waals surface area contributed by atoms with Gasteiger partial charge >= 0.3 is 0 Å². The van der Waals surface area contributed by atoms with Crippen LogP contribution in [-0.4, -0.2) is 12.6 Å². The standard InChI is InChI=1S/C13H27N/c1-7-12(5)9-13(6,8-2)10-14-11(3)4/h8,11-12,14H,2,7,9-10H2,1,3-6H3. The average molecular weight is 197 g/mol. The molecule has 84 valence electrons. The van der Waals surface area contributed by atoms with E-state index in [-0.39, 0.29) is 5.41 Å². The van der Waals surface area contributed by atoms with E-state index in [0.717, 1.165) is 12.5 Å². The summed E-state index contributed by atoms with van der Waals surface area (Å²) >= 11 is 0. The Bertz CT molecular complexity index is 163. The van der Waals surface area contributed by atoms with Gasteiger partial charge in [0.05, 0.1) is 0 Å². The third-order valence-corrected chi connectivity index (χ3v) is 2.92. The zero-order valence-electron chi connectivity index (χ0n) is 10.6. The Hall–Kier alpha value is -0.300. The first-order chi connectivity index (χ1) is 6.43. The van der Waals surface area contributed by atoms with Crippen molar-refractivity contribution in [2.24, 2.45) is 11.3 Å². The summed E-state index contributed by atoms with van der Waals surface area (Å²) in [6.07, 6.45) is 4.59. The summed E-state index contributed by atoms with van der Waals surface area (Å²) in [5, 5.41) is 3.50. The molecule has 0 heterocycles. The summed E-state index contributed by atoms with van der Waals surface area (Å²) in [6, 6.07) is 0.561. The number of hydrogen-bond acceptors (Lipinski definition) is 1. The molecule has 0 fully saturated rings. The maximum Gasteiger partial charge on any atom is 0.00422 e. The van der Waals surface area contributed by atoms with Gasteiger partial charge in [-0.3, -0.25) is 0 Å². The van der Waals surface area contributed by atoms with E-state index in [1.165, 1.54) is 12.8 Å². The van der Waals surface area contributed by atoms with Gasteiger partial charge in [0.25, 0.3) is 0 Å². The highest BCUT2D eigenvalue weighted by Gasteiger charge is 2.22. The molecule has 0 aliphatic rings. The summed E-state index contributed by atoms with van der Waals surface area (Å²) in [5.74, 6) is 0.784. The molecule has 14 heavy (non-hydrogen) atoms. The lowest BCUT2D eigenvalue weighted by atomic mass is 9.80. The quantitative estimate of drug-likeness (QED) is 0.615. The van der Waals surface area contributed by atoms with Gasteiger partial charge < -0.3 is 5.32 Å². The largest absolute Gasteiger partial charge is 0.314 e. The molecule has 2 atom stereocenters. The van der Waals surface area contributed by atoms with Crippen LogP contribution in [0.4, 0.5) is 0 Å². The van der Waals surface area contributed by atoms with Crippen LogP contribution in [0.2, 0.25) is 0 Å². The Morgan fingerprint density at radius 3 is 2.29 bits per heavy atom. The number of hydrogen-bond donors (Lipinski definition) is 1. The van der Waals surface area contributed by atoms with Gasteiger partial charge in [-0.25, -0.2) is 0 Å². The maximum atomic E-state index is 3.96. The monoisotopic (exact) mass is 197 g/mol. The van der Waals surface area contributed by atoms with Gasteiger partial charge in [0, 0.05) is 12.6 Å². The molecule has 0 saturated carbocycles. The van der Waals surface area contributed by atoms with E-state index >= 15 is 0 Å². The smallest absolute Gasteiger partial charge is 0.00422 e. The van der Waals surface area contributed by atoms with E-state index in [1.54, 1.807) is 0 Å². The molecule has 0 aromatic carbocycles.